The fraction of sp³-hybridized carbons (Fsp3) is 0.333. The van der Waals surface area contributed by atoms with Crippen molar-refractivity contribution in [3.05, 3.63) is 24.0 Å². The molecule has 20 heavy (non-hydrogen) atoms. The number of rotatable bonds is 5. The molecule has 0 amide bonds. The van der Waals surface area contributed by atoms with Gasteiger partial charge in [0.1, 0.15) is 0 Å². The van der Waals surface area contributed by atoms with Crippen LogP contribution >= 0.6 is 0 Å². The highest BCUT2D eigenvalue weighted by Crippen LogP contribution is 2.25. The molecule has 1 heterocycles. The molecule has 2 aromatic rings. The van der Waals surface area contributed by atoms with Crippen LogP contribution in [0.2, 0.25) is 0 Å². The zero-order valence-electron chi connectivity index (χ0n) is 10.9. The quantitative estimate of drug-likeness (QED) is 0.893. The number of hydrogen-bond acceptors (Lipinski definition) is 5. The van der Waals surface area contributed by atoms with E-state index in [0.717, 1.165) is 0 Å². The summed E-state index contributed by atoms with van der Waals surface area (Å²) in [6.45, 7) is 1.67. The molecular formula is C12H13FN4O3. The molecule has 0 fully saturated rings. The van der Waals surface area contributed by atoms with Crippen LogP contribution < -0.4 is 4.74 Å². The van der Waals surface area contributed by atoms with Crippen molar-refractivity contribution >= 4 is 5.97 Å². The SMILES string of the molecule is COc1ccc(-c2nnnn2C(C)CC(=O)O)cc1F. The van der Waals surface area contributed by atoms with Crippen molar-refractivity contribution in [1.29, 1.82) is 0 Å². The Bertz CT molecular complexity index is 629. The van der Waals surface area contributed by atoms with E-state index < -0.39 is 17.8 Å². The van der Waals surface area contributed by atoms with Gasteiger partial charge in [0.15, 0.2) is 17.4 Å². The molecule has 0 aliphatic heterocycles. The molecule has 0 bridgehead atoms. The monoisotopic (exact) mass is 280 g/mol. The van der Waals surface area contributed by atoms with E-state index in [9.17, 15) is 9.18 Å². The molecule has 0 saturated heterocycles. The molecule has 106 valence electrons. The van der Waals surface area contributed by atoms with Crippen molar-refractivity contribution in [2.75, 3.05) is 7.11 Å². The summed E-state index contributed by atoms with van der Waals surface area (Å²) < 4.78 is 19.9. The van der Waals surface area contributed by atoms with Crippen molar-refractivity contribution in [2.45, 2.75) is 19.4 Å². The summed E-state index contributed by atoms with van der Waals surface area (Å²) in [5.41, 5.74) is 0.450. The molecule has 1 N–H and O–H groups in total. The van der Waals surface area contributed by atoms with Crippen LogP contribution in [0.3, 0.4) is 0 Å². The highest BCUT2D eigenvalue weighted by molar-refractivity contribution is 5.67. The number of halogens is 1. The molecule has 7 nitrogen and oxygen atoms in total. The van der Waals surface area contributed by atoms with Gasteiger partial charge in [0.2, 0.25) is 0 Å². The largest absolute Gasteiger partial charge is 0.494 e. The Labute approximate surface area is 114 Å². The maximum atomic E-state index is 13.7. The average molecular weight is 280 g/mol. The lowest BCUT2D eigenvalue weighted by Gasteiger charge is -2.11. The van der Waals surface area contributed by atoms with Crippen LogP contribution in [0.4, 0.5) is 4.39 Å². The van der Waals surface area contributed by atoms with Crippen LogP contribution in [0.25, 0.3) is 11.4 Å². The Morgan fingerprint density at radius 1 is 1.55 bits per heavy atom. The summed E-state index contributed by atoms with van der Waals surface area (Å²) in [5.74, 6) is -1.07. The van der Waals surface area contributed by atoms with Gasteiger partial charge in [-0.15, -0.1) is 5.10 Å². The number of nitrogens with zero attached hydrogens (tertiary/aromatic N) is 4. The van der Waals surface area contributed by atoms with Gasteiger partial charge in [-0.25, -0.2) is 9.07 Å². The van der Waals surface area contributed by atoms with Crippen molar-refractivity contribution in [2.24, 2.45) is 0 Å². The summed E-state index contributed by atoms with van der Waals surface area (Å²) in [6, 6.07) is 3.88. The van der Waals surface area contributed by atoms with Crippen LogP contribution in [0.15, 0.2) is 18.2 Å². The molecule has 0 aliphatic rings. The molecule has 0 radical (unpaired) electrons. The van der Waals surface area contributed by atoms with E-state index in [-0.39, 0.29) is 12.2 Å². The Kier molecular flexibility index (Phi) is 3.92. The standard InChI is InChI=1S/C12H13FN4O3/c1-7(5-11(18)19)17-12(14-15-16-17)8-3-4-10(20-2)9(13)6-8/h3-4,6-7H,5H2,1-2H3,(H,18,19). The zero-order chi connectivity index (χ0) is 14.7. The minimum atomic E-state index is -0.958. The Hall–Kier alpha value is -2.51. The number of carboxylic acids is 1. The van der Waals surface area contributed by atoms with Gasteiger partial charge in [0, 0.05) is 5.56 Å². The molecule has 1 atom stereocenters. The third-order valence-corrected chi connectivity index (χ3v) is 2.79. The highest BCUT2D eigenvalue weighted by atomic mass is 19.1. The predicted molar refractivity (Wildman–Crippen MR) is 66.7 cm³/mol. The van der Waals surface area contributed by atoms with Gasteiger partial charge in [0.05, 0.1) is 19.6 Å². The average Bonchev–Trinajstić information content (AvgIpc) is 2.87. The number of aliphatic carboxylic acids is 1. The summed E-state index contributed by atoms with van der Waals surface area (Å²) >= 11 is 0. The summed E-state index contributed by atoms with van der Waals surface area (Å²) in [5, 5.41) is 19.9. The molecule has 0 spiro atoms. The molecular weight excluding hydrogens is 267 g/mol. The van der Waals surface area contributed by atoms with Crippen molar-refractivity contribution < 1.29 is 19.0 Å². The van der Waals surface area contributed by atoms with E-state index in [1.807, 2.05) is 0 Å². The normalized spacial score (nSPS) is 12.2. The highest BCUT2D eigenvalue weighted by Gasteiger charge is 2.18. The van der Waals surface area contributed by atoms with E-state index >= 15 is 0 Å². The Balaban J connectivity index is 2.36. The second-order valence-electron chi connectivity index (χ2n) is 4.24. The third kappa shape index (κ3) is 2.73. The first-order valence-electron chi connectivity index (χ1n) is 5.86. The first-order valence-corrected chi connectivity index (χ1v) is 5.86. The fourth-order valence-electron chi connectivity index (χ4n) is 1.83. The Morgan fingerprint density at radius 3 is 2.90 bits per heavy atom. The number of tetrazole rings is 1. The zero-order valence-corrected chi connectivity index (χ0v) is 10.9. The second-order valence-corrected chi connectivity index (χ2v) is 4.24. The smallest absolute Gasteiger partial charge is 0.305 e. The number of ether oxygens (including phenoxy) is 1. The number of carboxylic acid groups (broad SMARTS) is 1. The van der Waals surface area contributed by atoms with Crippen LogP contribution in [0.1, 0.15) is 19.4 Å². The van der Waals surface area contributed by atoms with Gasteiger partial charge in [-0.1, -0.05) is 0 Å². The lowest BCUT2D eigenvalue weighted by atomic mass is 10.1. The minimum absolute atomic E-state index is 0.117. The van der Waals surface area contributed by atoms with Gasteiger partial charge in [-0.3, -0.25) is 4.79 Å². The van der Waals surface area contributed by atoms with Crippen molar-refractivity contribution in [3.63, 3.8) is 0 Å². The number of hydrogen-bond donors (Lipinski definition) is 1. The lowest BCUT2D eigenvalue weighted by Crippen LogP contribution is -2.13. The van der Waals surface area contributed by atoms with Gasteiger partial charge in [0.25, 0.3) is 0 Å². The van der Waals surface area contributed by atoms with Gasteiger partial charge >= 0.3 is 5.97 Å². The molecule has 0 saturated carbocycles. The first-order chi connectivity index (χ1) is 9.52. The molecule has 0 aliphatic carbocycles. The van der Waals surface area contributed by atoms with Gasteiger partial charge in [-0.2, -0.15) is 0 Å². The third-order valence-electron chi connectivity index (χ3n) is 2.79. The van der Waals surface area contributed by atoms with E-state index in [2.05, 4.69) is 15.5 Å². The van der Waals surface area contributed by atoms with Crippen LogP contribution in [-0.4, -0.2) is 38.4 Å². The second kappa shape index (κ2) is 5.64. The van der Waals surface area contributed by atoms with E-state index in [0.29, 0.717) is 11.4 Å². The maximum Gasteiger partial charge on any atom is 0.305 e. The molecule has 2 rings (SSSR count). The number of aromatic nitrogens is 4. The summed E-state index contributed by atoms with van der Waals surface area (Å²) in [6.07, 6.45) is -0.128. The van der Waals surface area contributed by atoms with Crippen molar-refractivity contribution in [3.8, 4) is 17.1 Å². The molecule has 8 heteroatoms. The number of carbonyl (C=O) groups is 1. The maximum absolute atomic E-state index is 13.7. The van der Waals surface area contributed by atoms with Crippen LogP contribution in [0.5, 0.6) is 5.75 Å². The predicted octanol–water partition coefficient (Wildman–Crippen LogP) is 1.52. The molecule has 1 aromatic carbocycles. The van der Waals surface area contributed by atoms with Gasteiger partial charge < -0.3 is 9.84 Å². The summed E-state index contributed by atoms with van der Waals surface area (Å²) in [4.78, 5) is 10.7. The van der Waals surface area contributed by atoms with E-state index in [1.54, 1.807) is 13.0 Å². The number of methoxy groups -OCH3 is 1. The first kappa shape index (κ1) is 13.9. The Morgan fingerprint density at radius 2 is 2.30 bits per heavy atom. The van der Waals surface area contributed by atoms with Crippen molar-refractivity contribution in [1.82, 2.24) is 20.2 Å². The fourth-order valence-corrected chi connectivity index (χ4v) is 1.83. The van der Waals surface area contributed by atoms with Crippen LogP contribution in [-0.2, 0) is 4.79 Å². The molecule has 1 unspecified atom stereocenters. The minimum Gasteiger partial charge on any atom is -0.494 e. The van der Waals surface area contributed by atoms with Crippen LogP contribution in [0, 0.1) is 5.82 Å². The lowest BCUT2D eigenvalue weighted by molar-refractivity contribution is -0.137. The van der Waals surface area contributed by atoms with E-state index in [1.165, 1.54) is 23.9 Å². The van der Waals surface area contributed by atoms with Gasteiger partial charge in [-0.05, 0) is 35.5 Å². The van der Waals surface area contributed by atoms with E-state index in [4.69, 9.17) is 9.84 Å². The topological polar surface area (TPSA) is 90.1 Å². The molecule has 1 aromatic heterocycles. The summed E-state index contributed by atoms with van der Waals surface area (Å²) in [7, 11) is 1.37. The number of benzene rings is 1.